The maximum absolute atomic E-state index is 11.3. The Balaban J connectivity index is 1.78. The van der Waals surface area contributed by atoms with Gasteiger partial charge in [0.25, 0.3) is 0 Å². The zero-order valence-corrected chi connectivity index (χ0v) is 11.3. The Morgan fingerprint density at radius 1 is 1.30 bits per heavy atom. The first-order valence-electron chi connectivity index (χ1n) is 6.36. The molecule has 20 heavy (non-hydrogen) atoms. The van der Waals surface area contributed by atoms with E-state index in [2.05, 4.69) is 4.98 Å². The van der Waals surface area contributed by atoms with Crippen molar-refractivity contribution in [3.05, 3.63) is 28.8 Å². The van der Waals surface area contributed by atoms with Gasteiger partial charge in [-0.05, 0) is 31.0 Å². The minimum Gasteiger partial charge on any atom is -0.477 e. The van der Waals surface area contributed by atoms with Gasteiger partial charge in [0, 0.05) is 11.5 Å². The number of rotatable bonds is 3. The van der Waals surface area contributed by atoms with Crippen LogP contribution < -0.4 is 9.47 Å². The number of thiazole rings is 1. The summed E-state index contributed by atoms with van der Waals surface area (Å²) >= 11 is 1.23. The van der Waals surface area contributed by atoms with Crippen LogP contribution >= 0.6 is 11.3 Å². The zero-order chi connectivity index (χ0) is 13.7. The molecule has 0 saturated heterocycles. The molecule has 4 rings (SSSR count). The SMILES string of the molecule is O=C(O)c1sc(-c2ccc3c(c2)OCO3)nc1C1CC1. The summed E-state index contributed by atoms with van der Waals surface area (Å²) in [7, 11) is 0. The summed E-state index contributed by atoms with van der Waals surface area (Å²) in [5.41, 5.74) is 1.60. The highest BCUT2D eigenvalue weighted by Gasteiger charge is 2.32. The van der Waals surface area contributed by atoms with Crippen LogP contribution in [-0.4, -0.2) is 22.9 Å². The molecule has 0 radical (unpaired) electrons. The second-order valence-corrected chi connectivity index (χ2v) is 5.88. The van der Waals surface area contributed by atoms with Gasteiger partial charge < -0.3 is 14.6 Å². The number of ether oxygens (including phenoxy) is 2. The molecule has 1 N–H and O–H groups in total. The van der Waals surface area contributed by atoms with E-state index >= 15 is 0 Å². The lowest BCUT2D eigenvalue weighted by Gasteiger charge is -1.99. The Bertz CT molecular complexity index is 705. The first-order chi connectivity index (χ1) is 9.72. The minimum atomic E-state index is -0.892. The van der Waals surface area contributed by atoms with Crippen molar-refractivity contribution in [3.63, 3.8) is 0 Å². The van der Waals surface area contributed by atoms with Gasteiger partial charge in [0.05, 0.1) is 5.69 Å². The summed E-state index contributed by atoms with van der Waals surface area (Å²) in [4.78, 5) is 16.2. The van der Waals surface area contributed by atoms with E-state index in [0.29, 0.717) is 22.3 Å². The fourth-order valence-corrected chi connectivity index (χ4v) is 3.26. The van der Waals surface area contributed by atoms with E-state index in [1.54, 1.807) is 0 Å². The van der Waals surface area contributed by atoms with Gasteiger partial charge in [-0.15, -0.1) is 11.3 Å². The van der Waals surface area contributed by atoms with E-state index < -0.39 is 5.97 Å². The standard InChI is InChI=1S/C14H11NO4S/c16-14(17)12-11(7-1-2-7)15-13(20-12)8-3-4-9-10(5-8)19-6-18-9/h3-5,7H,1-2,6H2,(H,16,17). The van der Waals surface area contributed by atoms with Crippen molar-refractivity contribution in [1.82, 2.24) is 4.98 Å². The van der Waals surface area contributed by atoms with E-state index in [4.69, 9.17) is 9.47 Å². The van der Waals surface area contributed by atoms with Gasteiger partial charge in [0.2, 0.25) is 6.79 Å². The van der Waals surface area contributed by atoms with Crippen LogP contribution in [0, 0.1) is 0 Å². The van der Waals surface area contributed by atoms with Crippen LogP contribution in [0.25, 0.3) is 10.6 Å². The molecular weight excluding hydrogens is 278 g/mol. The normalized spacial score (nSPS) is 16.4. The smallest absolute Gasteiger partial charge is 0.347 e. The highest BCUT2D eigenvalue weighted by atomic mass is 32.1. The number of carboxylic acids is 1. The van der Waals surface area contributed by atoms with Crippen molar-refractivity contribution in [2.45, 2.75) is 18.8 Å². The average Bonchev–Trinajstić information content (AvgIpc) is 3.02. The first-order valence-corrected chi connectivity index (χ1v) is 7.18. The number of hydrogen-bond donors (Lipinski definition) is 1. The van der Waals surface area contributed by atoms with Crippen molar-refractivity contribution in [3.8, 4) is 22.1 Å². The van der Waals surface area contributed by atoms with Gasteiger partial charge in [0.1, 0.15) is 9.88 Å². The van der Waals surface area contributed by atoms with E-state index in [1.165, 1.54) is 11.3 Å². The third-order valence-corrected chi connectivity index (χ3v) is 4.54. The summed E-state index contributed by atoms with van der Waals surface area (Å²) in [6.07, 6.45) is 2.06. The monoisotopic (exact) mass is 289 g/mol. The molecule has 0 unspecified atom stereocenters. The summed E-state index contributed by atoms with van der Waals surface area (Å²) < 4.78 is 10.6. The Morgan fingerprint density at radius 2 is 2.10 bits per heavy atom. The van der Waals surface area contributed by atoms with Gasteiger partial charge in [-0.1, -0.05) is 0 Å². The van der Waals surface area contributed by atoms with Crippen molar-refractivity contribution in [1.29, 1.82) is 0 Å². The highest BCUT2D eigenvalue weighted by Crippen LogP contribution is 2.45. The van der Waals surface area contributed by atoms with Crippen LogP contribution in [0.4, 0.5) is 0 Å². The lowest BCUT2D eigenvalue weighted by molar-refractivity contribution is 0.0700. The van der Waals surface area contributed by atoms with Crippen molar-refractivity contribution < 1.29 is 19.4 Å². The van der Waals surface area contributed by atoms with Crippen LogP contribution in [-0.2, 0) is 0 Å². The lowest BCUT2D eigenvalue weighted by atomic mass is 10.2. The Morgan fingerprint density at radius 3 is 2.85 bits per heavy atom. The number of nitrogens with zero attached hydrogens (tertiary/aromatic N) is 1. The van der Waals surface area contributed by atoms with Gasteiger partial charge in [-0.2, -0.15) is 0 Å². The number of hydrogen-bond acceptors (Lipinski definition) is 5. The van der Waals surface area contributed by atoms with Crippen LogP contribution in [0.5, 0.6) is 11.5 Å². The van der Waals surface area contributed by atoms with Crippen molar-refractivity contribution >= 4 is 17.3 Å². The first kappa shape index (κ1) is 11.7. The number of benzene rings is 1. The lowest BCUT2D eigenvalue weighted by Crippen LogP contribution is -1.97. The molecule has 0 amide bonds. The molecular formula is C14H11NO4S. The van der Waals surface area contributed by atoms with Crippen molar-refractivity contribution in [2.24, 2.45) is 0 Å². The van der Waals surface area contributed by atoms with Gasteiger partial charge in [-0.25, -0.2) is 9.78 Å². The maximum atomic E-state index is 11.3. The number of aromatic nitrogens is 1. The van der Waals surface area contributed by atoms with Crippen LogP contribution in [0.3, 0.4) is 0 Å². The number of fused-ring (bicyclic) bond motifs is 1. The molecule has 102 valence electrons. The topological polar surface area (TPSA) is 68.7 Å². The van der Waals surface area contributed by atoms with E-state index in [0.717, 1.165) is 29.1 Å². The minimum absolute atomic E-state index is 0.227. The highest BCUT2D eigenvalue weighted by molar-refractivity contribution is 7.17. The molecule has 1 aliphatic heterocycles. The number of carbonyl (C=O) groups is 1. The van der Waals surface area contributed by atoms with E-state index in [1.807, 2.05) is 18.2 Å². The molecule has 1 fully saturated rings. The zero-order valence-electron chi connectivity index (χ0n) is 10.5. The summed E-state index contributed by atoms with van der Waals surface area (Å²) in [5, 5.41) is 10.0. The average molecular weight is 289 g/mol. The van der Waals surface area contributed by atoms with Crippen molar-refractivity contribution in [2.75, 3.05) is 6.79 Å². The van der Waals surface area contributed by atoms with Gasteiger partial charge in [-0.3, -0.25) is 0 Å². The molecule has 2 heterocycles. The maximum Gasteiger partial charge on any atom is 0.347 e. The predicted octanol–water partition coefficient (Wildman–Crippen LogP) is 3.11. The van der Waals surface area contributed by atoms with Crippen LogP contribution in [0.1, 0.15) is 34.1 Å². The largest absolute Gasteiger partial charge is 0.477 e. The number of carboxylic acid groups (broad SMARTS) is 1. The Kier molecular flexibility index (Phi) is 2.47. The molecule has 2 aromatic rings. The molecule has 1 aliphatic carbocycles. The molecule has 1 saturated carbocycles. The van der Waals surface area contributed by atoms with E-state index in [9.17, 15) is 9.90 Å². The molecule has 0 bridgehead atoms. The predicted molar refractivity (Wildman–Crippen MR) is 72.6 cm³/mol. The Labute approximate surface area is 118 Å². The summed E-state index contributed by atoms with van der Waals surface area (Å²) in [5.74, 6) is 0.824. The quantitative estimate of drug-likeness (QED) is 0.940. The second kappa shape index (κ2) is 4.21. The Hall–Kier alpha value is -2.08. The van der Waals surface area contributed by atoms with Crippen LogP contribution in [0.15, 0.2) is 18.2 Å². The van der Waals surface area contributed by atoms with E-state index in [-0.39, 0.29) is 6.79 Å². The fourth-order valence-electron chi connectivity index (χ4n) is 2.27. The summed E-state index contributed by atoms with van der Waals surface area (Å²) in [6.45, 7) is 0.227. The third-order valence-electron chi connectivity index (χ3n) is 3.43. The number of aromatic carboxylic acids is 1. The molecule has 5 nitrogen and oxygen atoms in total. The molecule has 6 heteroatoms. The summed E-state index contributed by atoms with van der Waals surface area (Å²) in [6, 6.07) is 5.56. The van der Waals surface area contributed by atoms with Gasteiger partial charge in [0.15, 0.2) is 11.5 Å². The van der Waals surface area contributed by atoms with Crippen LogP contribution in [0.2, 0.25) is 0 Å². The fraction of sp³-hybridized carbons (Fsp3) is 0.286. The second-order valence-electron chi connectivity index (χ2n) is 4.88. The van der Waals surface area contributed by atoms with Gasteiger partial charge >= 0.3 is 5.97 Å². The molecule has 0 spiro atoms. The molecule has 1 aromatic heterocycles. The molecule has 1 aromatic carbocycles. The molecule has 2 aliphatic rings. The third kappa shape index (κ3) is 1.84. The molecule has 0 atom stereocenters.